The fourth-order valence-corrected chi connectivity index (χ4v) is 3.29. The number of benzene rings is 1. The van der Waals surface area contributed by atoms with Crippen LogP contribution in [0.5, 0.6) is 0 Å². The van der Waals surface area contributed by atoms with Gasteiger partial charge >= 0.3 is 0 Å². The molecule has 0 atom stereocenters. The number of carbonyl (C=O) groups excluding carboxylic acids is 2. The van der Waals surface area contributed by atoms with Crippen LogP contribution in [0.4, 0.5) is 17.2 Å². The van der Waals surface area contributed by atoms with E-state index in [1.54, 1.807) is 6.07 Å². The van der Waals surface area contributed by atoms with Gasteiger partial charge in [0.15, 0.2) is 22.4 Å². The molecule has 0 saturated heterocycles. The Morgan fingerprint density at radius 2 is 1.93 bits per heavy atom. The smallest absolute Gasteiger partial charge is 0.291 e. The van der Waals surface area contributed by atoms with Gasteiger partial charge in [0, 0.05) is 5.69 Å². The molecule has 0 radical (unpaired) electrons. The number of carbonyl (C=O) groups is 2. The zero-order chi connectivity index (χ0) is 21.0. The molecule has 0 unspecified atom stereocenters. The van der Waals surface area contributed by atoms with Crippen molar-refractivity contribution in [1.29, 1.82) is 0 Å². The van der Waals surface area contributed by atoms with Crippen molar-refractivity contribution >= 4 is 40.8 Å². The van der Waals surface area contributed by atoms with E-state index in [-0.39, 0.29) is 34.1 Å². The van der Waals surface area contributed by atoms with Crippen molar-refractivity contribution in [2.75, 3.05) is 22.1 Å². The summed E-state index contributed by atoms with van der Waals surface area (Å²) in [5.41, 5.74) is 7.76. The first-order valence-electron chi connectivity index (χ1n) is 8.57. The molecule has 1 aromatic carbocycles. The highest BCUT2D eigenvalue weighted by Gasteiger charge is 2.16. The Morgan fingerprint density at radius 1 is 1.21 bits per heavy atom. The first-order chi connectivity index (χ1) is 13.8. The predicted octanol–water partition coefficient (Wildman–Crippen LogP) is 2.55. The molecule has 3 aromatic rings. The maximum atomic E-state index is 12.2. The van der Waals surface area contributed by atoms with Crippen molar-refractivity contribution in [1.82, 2.24) is 9.97 Å². The number of aromatic amines is 1. The summed E-state index contributed by atoms with van der Waals surface area (Å²) in [6, 6.07) is 8.73. The van der Waals surface area contributed by atoms with Gasteiger partial charge in [0.2, 0.25) is 5.91 Å². The summed E-state index contributed by atoms with van der Waals surface area (Å²) in [6.45, 7) is 3.89. The largest absolute Gasteiger partial charge is 0.459 e. The van der Waals surface area contributed by atoms with Crippen LogP contribution < -0.4 is 21.9 Å². The van der Waals surface area contributed by atoms with Gasteiger partial charge in [-0.3, -0.25) is 19.4 Å². The molecule has 10 heteroatoms. The molecule has 0 saturated carbocycles. The van der Waals surface area contributed by atoms with Crippen molar-refractivity contribution in [3.63, 3.8) is 0 Å². The summed E-state index contributed by atoms with van der Waals surface area (Å²) in [5, 5.41) is 5.33. The van der Waals surface area contributed by atoms with Crippen molar-refractivity contribution in [2.45, 2.75) is 19.0 Å². The summed E-state index contributed by atoms with van der Waals surface area (Å²) in [4.78, 5) is 42.9. The monoisotopic (exact) mass is 413 g/mol. The maximum Gasteiger partial charge on any atom is 0.291 e. The Bertz CT molecular complexity index is 1090. The molecular weight excluding hydrogens is 394 g/mol. The molecule has 2 aromatic heterocycles. The molecular formula is C19H19N5O4S. The molecule has 29 heavy (non-hydrogen) atoms. The Balaban J connectivity index is 1.63. The molecule has 0 fully saturated rings. The second-order valence-electron chi connectivity index (χ2n) is 6.28. The van der Waals surface area contributed by atoms with Gasteiger partial charge in [-0.2, -0.15) is 0 Å². The van der Waals surface area contributed by atoms with E-state index in [1.807, 2.05) is 32.0 Å². The van der Waals surface area contributed by atoms with E-state index in [4.69, 9.17) is 10.2 Å². The van der Waals surface area contributed by atoms with Gasteiger partial charge in [-0.15, -0.1) is 0 Å². The van der Waals surface area contributed by atoms with E-state index in [9.17, 15) is 14.4 Å². The molecule has 0 bridgehead atoms. The zero-order valence-corrected chi connectivity index (χ0v) is 16.6. The lowest BCUT2D eigenvalue weighted by molar-refractivity contribution is -0.113. The number of hydrogen-bond donors (Lipinski definition) is 4. The lowest BCUT2D eigenvalue weighted by Gasteiger charge is -2.09. The number of nitrogen functional groups attached to an aromatic ring is 1. The third kappa shape index (κ3) is 5.26. The van der Waals surface area contributed by atoms with E-state index in [2.05, 4.69) is 20.6 Å². The number of thioether (sulfide) groups is 1. The van der Waals surface area contributed by atoms with Crippen LogP contribution in [0.3, 0.4) is 0 Å². The number of hydrogen-bond acceptors (Lipinski definition) is 7. The van der Waals surface area contributed by atoms with Gasteiger partial charge in [-0.1, -0.05) is 17.8 Å². The molecule has 150 valence electrons. The Morgan fingerprint density at radius 3 is 2.55 bits per heavy atom. The minimum Gasteiger partial charge on any atom is -0.459 e. The molecule has 0 aliphatic rings. The summed E-state index contributed by atoms with van der Waals surface area (Å²) < 4.78 is 4.97. The van der Waals surface area contributed by atoms with Crippen LogP contribution in [0.2, 0.25) is 0 Å². The maximum absolute atomic E-state index is 12.2. The van der Waals surface area contributed by atoms with E-state index in [0.717, 1.165) is 22.9 Å². The standard InChI is InChI=1S/C19H19N5O4S/c1-10-6-11(2)8-12(7-10)21-14(25)9-29-19-23-16(20)15(18(27)24-19)22-17(26)13-4-3-5-28-13/h3-8H,9H2,1-2H3,(H,21,25)(H,22,26)(H3,20,23,24,27). The van der Waals surface area contributed by atoms with Crippen LogP contribution in [0.25, 0.3) is 0 Å². The van der Waals surface area contributed by atoms with E-state index < -0.39 is 11.5 Å². The number of aromatic nitrogens is 2. The first-order valence-corrected chi connectivity index (χ1v) is 9.56. The lowest BCUT2D eigenvalue weighted by Crippen LogP contribution is -2.23. The van der Waals surface area contributed by atoms with Gasteiger partial charge in [0.1, 0.15) is 0 Å². The second kappa shape index (κ2) is 8.65. The highest BCUT2D eigenvalue weighted by molar-refractivity contribution is 7.99. The van der Waals surface area contributed by atoms with Gasteiger partial charge in [0.05, 0.1) is 12.0 Å². The normalized spacial score (nSPS) is 10.6. The number of furan rings is 1. The number of anilines is 3. The average Bonchev–Trinajstić information content (AvgIpc) is 3.17. The van der Waals surface area contributed by atoms with Crippen LogP contribution in [-0.2, 0) is 4.79 Å². The number of nitrogens with two attached hydrogens (primary N) is 1. The van der Waals surface area contributed by atoms with Crippen molar-refractivity contribution < 1.29 is 14.0 Å². The van der Waals surface area contributed by atoms with Crippen LogP contribution in [0, 0.1) is 13.8 Å². The fraction of sp³-hybridized carbons (Fsp3) is 0.158. The minimum atomic E-state index is -0.630. The van der Waals surface area contributed by atoms with Crippen LogP contribution in [-0.4, -0.2) is 27.5 Å². The quantitative estimate of drug-likeness (QED) is 0.359. The van der Waals surface area contributed by atoms with Gasteiger partial charge in [0.25, 0.3) is 11.5 Å². The SMILES string of the molecule is Cc1cc(C)cc(NC(=O)CSc2nc(N)c(NC(=O)c3ccco3)c(=O)[nH]2)c1. The third-order valence-electron chi connectivity index (χ3n) is 3.75. The van der Waals surface area contributed by atoms with Crippen LogP contribution in [0.1, 0.15) is 21.7 Å². The highest BCUT2D eigenvalue weighted by atomic mass is 32.2. The Labute approximate surface area is 170 Å². The number of nitrogens with zero attached hydrogens (tertiary/aromatic N) is 1. The Hall–Kier alpha value is -3.53. The number of H-pyrrole nitrogens is 1. The van der Waals surface area contributed by atoms with Crippen LogP contribution in [0.15, 0.2) is 51.0 Å². The first kappa shape index (κ1) is 20.2. The van der Waals surface area contributed by atoms with E-state index in [0.29, 0.717) is 5.69 Å². The molecule has 2 amide bonds. The molecule has 0 spiro atoms. The van der Waals surface area contributed by atoms with Crippen molar-refractivity contribution in [3.05, 3.63) is 63.8 Å². The van der Waals surface area contributed by atoms with Gasteiger partial charge in [-0.25, -0.2) is 4.98 Å². The number of aryl methyl sites for hydroxylation is 2. The number of rotatable bonds is 6. The fourth-order valence-electron chi connectivity index (χ4n) is 2.62. The molecule has 2 heterocycles. The number of nitrogens with one attached hydrogen (secondary N) is 3. The summed E-state index contributed by atoms with van der Waals surface area (Å²) in [6.07, 6.45) is 1.34. The second-order valence-corrected chi connectivity index (χ2v) is 7.24. The van der Waals surface area contributed by atoms with Crippen LogP contribution >= 0.6 is 11.8 Å². The predicted molar refractivity (Wildman–Crippen MR) is 111 cm³/mol. The third-order valence-corrected chi connectivity index (χ3v) is 4.63. The molecule has 0 aliphatic heterocycles. The van der Waals surface area contributed by atoms with Crippen molar-refractivity contribution in [3.8, 4) is 0 Å². The zero-order valence-electron chi connectivity index (χ0n) is 15.7. The summed E-state index contributed by atoms with van der Waals surface area (Å²) >= 11 is 1.02. The lowest BCUT2D eigenvalue weighted by atomic mass is 10.1. The van der Waals surface area contributed by atoms with E-state index in [1.165, 1.54) is 12.3 Å². The average molecular weight is 413 g/mol. The topological polar surface area (TPSA) is 143 Å². The Kier molecular flexibility index (Phi) is 6.03. The number of amides is 2. The van der Waals surface area contributed by atoms with Gasteiger partial charge < -0.3 is 20.8 Å². The van der Waals surface area contributed by atoms with Crippen molar-refractivity contribution in [2.24, 2.45) is 0 Å². The van der Waals surface area contributed by atoms with E-state index >= 15 is 0 Å². The molecule has 9 nitrogen and oxygen atoms in total. The summed E-state index contributed by atoms with van der Waals surface area (Å²) in [5.74, 6) is -0.983. The minimum absolute atomic E-state index is 0.0213. The molecule has 5 N–H and O–H groups in total. The molecule has 0 aliphatic carbocycles. The summed E-state index contributed by atoms with van der Waals surface area (Å²) in [7, 11) is 0. The van der Waals surface area contributed by atoms with Gasteiger partial charge in [-0.05, 0) is 49.2 Å². The molecule has 3 rings (SSSR count). The highest BCUT2D eigenvalue weighted by Crippen LogP contribution is 2.19.